The van der Waals surface area contributed by atoms with Crippen LogP contribution in [0.15, 0.2) is 6.20 Å². The maximum Gasteiger partial charge on any atom is 0.318 e. The molecule has 1 amide bonds. The molecule has 1 unspecified atom stereocenters. The predicted molar refractivity (Wildman–Crippen MR) is 71.6 cm³/mol. The smallest absolute Gasteiger partial charge is 0.318 e. The Hall–Kier alpha value is -1.60. The van der Waals surface area contributed by atoms with Gasteiger partial charge in [0.05, 0.1) is 19.9 Å². The Kier molecular flexibility index (Phi) is 6.31. The zero-order valence-electron chi connectivity index (χ0n) is 11.1. The highest BCUT2D eigenvalue weighted by Gasteiger charge is 2.15. The number of carbonyl (C=O) groups is 1. The van der Waals surface area contributed by atoms with Crippen LogP contribution in [0.3, 0.4) is 0 Å². The molecule has 0 aliphatic heterocycles. The average molecular weight is 289 g/mol. The van der Waals surface area contributed by atoms with Crippen LogP contribution in [0.1, 0.15) is 6.92 Å². The molecule has 0 bridgehead atoms. The number of halogens is 1. The summed E-state index contributed by atoms with van der Waals surface area (Å²) in [6.07, 6.45) is 1.41. The molecule has 0 aliphatic rings. The van der Waals surface area contributed by atoms with Gasteiger partial charge in [0.15, 0.2) is 5.82 Å². The van der Waals surface area contributed by atoms with E-state index in [0.717, 1.165) is 0 Å². The molecule has 0 saturated heterocycles. The van der Waals surface area contributed by atoms with Gasteiger partial charge in [-0.25, -0.2) is 4.98 Å². The molecule has 1 heterocycles. The molecule has 1 aromatic rings. The molecule has 0 spiro atoms. The van der Waals surface area contributed by atoms with E-state index in [1.54, 1.807) is 14.0 Å². The summed E-state index contributed by atoms with van der Waals surface area (Å²) in [6, 6.07) is -0.312. The summed E-state index contributed by atoms with van der Waals surface area (Å²) in [6.45, 7) is 2.61. The second-order valence-electron chi connectivity index (χ2n) is 3.70. The van der Waals surface area contributed by atoms with Crippen LogP contribution in [-0.2, 0) is 9.53 Å². The molecular weight excluding hydrogens is 272 g/mol. The Morgan fingerprint density at radius 3 is 2.89 bits per heavy atom. The van der Waals surface area contributed by atoms with Crippen molar-refractivity contribution in [3.63, 3.8) is 0 Å². The van der Waals surface area contributed by atoms with Crippen LogP contribution >= 0.6 is 11.6 Å². The van der Waals surface area contributed by atoms with Gasteiger partial charge in [-0.3, -0.25) is 4.79 Å². The van der Waals surface area contributed by atoms with E-state index in [1.807, 2.05) is 0 Å². The Morgan fingerprint density at radius 1 is 1.53 bits per heavy atom. The third-order valence-corrected chi connectivity index (χ3v) is 2.53. The molecule has 0 aromatic carbocycles. The fourth-order valence-corrected chi connectivity index (χ4v) is 1.40. The number of amides is 1. The number of nitrogens with one attached hydrogen (secondary N) is 2. The summed E-state index contributed by atoms with van der Waals surface area (Å²) < 4.78 is 9.74. The van der Waals surface area contributed by atoms with Crippen LogP contribution in [0.5, 0.6) is 6.01 Å². The molecule has 2 N–H and O–H groups in total. The van der Waals surface area contributed by atoms with Gasteiger partial charge in [-0.05, 0) is 6.92 Å². The largest absolute Gasteiger partial charge is 0.467 e. The molecule has 0 saturated carbocycles. The van der Waals surface area contributed by atoms with E-state index in [1.165, 1.54) is 13.3 Å². The Labute approximate surface area is 116 Å². The molecular formula is C11H17ClN4O3. The molecule has 19 heavy (non-hydrogen) atoms. The number of hydrogen-bond acceptors (Lipinski definition) is 6. The van der Waals surface area contributed by atoms with Crippen LogP contribution in [0.2, 0.25) is 5.02 Å². The van der Waals surface area contributed by atoms with Gasteiger partial charge < -0.3 is 20.1 Å². The first-order valence-corrected chi connectivity index (χ1v) is 6.06. The highest BCUT2D eigenvalue weighted by Crippen LogP contribution is 2.20. The maximum absolute atomic E-state index is 11.7. The van der Waals surface area contributed by atoms with Crippen molar-refractivity contribution in [1.82, 2.24) is 15.3 Å². The quantitative estimate of drug-likeness (QED) is 0.719. The normalized spacial score (nSPS) is 11.8. The number of aromatic nitrogens is 2. The van der Waals surface area contributed by atoms with E-state index in [2.05, 4.69) is 20.6 Å². The summed E-state index contributed by atoms with van der Waals surface area (Å²) >= 11 is 5.93. The van der Waals surface area contributed by atoms with Crippen molar-refractivity contribution in [3.8, 4) is 6.01 Å². The van der Waals surface area contributed by atoms with Crippen molar-refractivity contribution < 1.29 is 14.3 Å². The first kappa shape index (κ1) is 15.5. The molecule has 1 rings (SSSR count). The number of hydrogen-bond donors (Lipinski definition) is 2. The van der Waals surface area contributed by atoms with Crippen molar-refractivity contribution in [2.75, 3.05) is 32.7 Å². The lowest BCUT2D eigenvalue weighted by atomic mass is 10.3. The van der Waals surface area contributed by atoms with E-state index in [0.29, 0.717) is 24.0 Å². The Balaban J connectivity index is 2.60. The van der Waals surface area contributed by atoms with E-state index in [9.17, 15) is 4.79 Å². The number of rotatable bonds is 7. The van der Waals surface area contributed by atoms with Gasteiger partial charge in [0, 0.05) is 13.7 Å². The number of ether oxygens (including phenoxy) is 2. The first-order chi connectivity index (χ1) is 9.08. The van der Waals surface area contributed by atoms with Gasteiger partial charge in [0.2, 0.25) is 5.91 Å². The lowest BCUT2D eigenvalue weighted by molar-refractivity contribution is -0.121. The third kappa shape index (κ3) is 4.88. The Morgan fingerprint density at radius 2 is 2.26 bits per heavy atom. The molecule has 1 atom stereocenters. The van der Waals surface area contributed by atoms with Gasteiger partial charge >= 0.3 is 6.01 Å². The minimum absolute atomic E-state index is 0.175. The summed E-state index contributed by atoms with van der Waals surface area (Å²) in [4.78, 5) is 19.6. The second kappa shape index (κ2) is 7.75. The van der Waals surface area contributed by atoms with Gasteiger partial charge in [-0.15, -0.1) is 0 Å². The minimum Gasteiger partial charge on any atom is -0.467 e. The molecule has 8 heteroatoms. The number of carbonyl (C=O) groups excluding carboxylic acids is 1. The Bertz CT molecular complexity index is 430. The second-order valence-corrected chi connectivity index (χ2v) is 4.11. The molecule has 0 aliphatic carbocycles. The van der Waals surface area contributed by atoms with Gasteiger partial charge in [0.25, 0.3) is 0 Å². The average Bonchev–Trinajstić information content (AvgIpc) is 2.41. The highest BCUT2D eigenvalue weighted by atomic mass is 35.5. The molecule has 1 aromatic heterocycles. The number of methoxy groups -OCH3 is 2. The monoisotopic (exact) mass is 288 g/mol. The summed E-state index contributed by atoms with van der Waals surface area (Å²) in [7, 11) is 3.02. The van der Waals surface area contributed by atoms with E-state index >= 15 is 0 Å². The predicted octanol–water partition coefficient (Wildman–Crippen LogP) is 0.702. The SMILES string of the molecule is COCCNC(=O)C(C)Nc1nc(OC)ncc1Cl. The van der Waals surface area contributed by atoms with E-state index in [4.69, 9.17) is 21.1 Å². The molecule has 0 radical (unpaired) electrons. The lowest BCUT2D eigenvalue weighted by Crippen LogP contribution is -2.39. The zero-order valence-corrected chi connectivity index (χ0v) is 11.8. The number of anilines is 1. The molecule has 7 nitrogen and oxygen atoms in total. The van der Waals surface area contributed by atoms with E-state index < -0.39 is 6.04 Å². The fraction of sp³-hybridized carbons (Fsp3) is 0.545. The van der Waals surface area contributed by atoms with Crippen LogP contribution in [0.25, 0.3) is 0 Å². The standard InChI is InChI=1S/C11H17ClN4O3/c1-7(10(17)13-4-5-18-2)15-9-8(12)6-14-11(16-9)19-3/h6-7H,4-5H2,1-3H3,(H,13,17)(H,14,15,16). The van der Waals surface area contributed by atoms with Gasteiger partial charge in [-0.1, -0.05) is 11.6 Å². The third-order valence-electron chi connectivity index (χ3n) is 2.26. The summed E-state index contributed by atoms with van der Waals surface area (Å²) in [5.74, 6) is 0.175. The maximum atomic E-state index is 11.7. The number of nitrogens with zero attached hydrogens (tertiary/aromatic N) is 2. The summed E-state index contributed by atoms with van der Waals surface area (Å²) in [5.41, 5.74) is 0. The van der Waals surface area contributed by atoms with Crippen LogP contribution in [0, 0.1) is 0 Å². The van der Waals surface area contributed by atoms with Crippen LogP contribution in [-0.4, -0.2) is 49.3 Å². The molecule has 106 valence electrons. The van der Waals surface area contributed by atoms with Crippen LogP contribution < -0.4 is 15.4 Å². The van der Waals surface area contributed by atoms with Crippen molar-refractivity contribution in [1.29, 1.82) is 0 Å². The minimum atomic E-state index is -0.492. The van der Waals surface area contributed by atoms with Gasteiger partial charge in [-0.2, -0.15) is 4.98 Å². The topological polar surface area (TPSA) is 85.4 Å². The fourth-order valence-electron chi connectivity index (χ4n) is 1.25. The molecule has 0 fully saturated rings. The van der Waals surface area contributed by atoms with Crippen molar-refractivity contribution in [2.24, 2.45) is 0 Å². The van der Waals surface area contributed by atoms with Crippen LogP contribution in [0.4, 0.5) is 5.82 Å². The summed E-state index contributed by atoms with van der Waals surface area (Å²) in [5, 5.41) is 5.92. The van der Waals surface area contributed by atoms with Crippen molar-refractivity contribution >= 4 is 23.3 Å². The van der Waals surface area contributed by atoms with Crippen molar-refractivity contribution in [2.45, 2.75) is 13.0 Å². The van der Waals surface area contributed by atoms with Gasteiger partial charge in [0.1, 0.15) is 11.1 Å². The zero-order chi connectivity index (χ0) is 14.3. The highest BCUT2D eigenvalue weighted by molar-refractivity contribution is 6.32. The lowest BCUT2D eigenvalue weighted by Gasteiger charge is -2.15. The first-order valence-electron chi connectivity index (χ1n) is 5.68. The van der Waals surface area contributed by atoms with E-state index in [-0.39, 0.29) is 11.9 Å². The van der Waals surface area contributed by atoms with Crippen molar-refractivity contribution in [3.05, 3.63) is 11.2 Å².